The topological polar surface area (TPSA) is 54.1 Å². The number of anilines is 1. The number of aliphatic imine (C=N–C) groups is 1. The highest BCUT2D eigenvalue weighted by molar-refractivity contribution is 14.0. The van der Waals surface area contributed by atoms with Crippen LogP contribution < -0.4 is 15.4 Å². The first-order chi connectivity index (χ1) is 12.6. The van der Waals surface area contributed by atoms with Crippen LogP contribution >= 0.6 is 24.0 Å². The summed E-state index contributed by atoms with van der Waals surface area (Å²) in [6, 6.07) is 12.7. The van der Waals surface area contributed by atoms with Gasteiger partial charge in [0.2, 0.25) is 0 Å². The molecule has 0 spiro atoms. The Balaban J connectivity index is 0.00000261. The van der Waals surface area contributed by atoms with Gasteiger partial charge in [-0.1, -0.05) is 12.1 Å². The number of hydrogen-bond acceptors (Lipinski definition) is 3. The average molecular weight is 484 g/mol. The Labute approximate surface area is 177 Å². The Morgan fingerprint density at radius 2 is 1.78 bits per heavy atom. The van der Waals surface area contributed by atoms with Gasteiger partial charge in [-0.05, 0) is 48.4 Å². The van der Waals surface area contributed by atoms with Crippen LogP contribution in [0.5, 0.6) is 5.75 Å². The van der Waals surface area contributed by atoms with Gasteiger partial charge in [0.25, 0.3) is 0 Å². The minimum atomic E-state index is -0.211. The summed E-state index contributed by atoms with van der Waals surface area (Å²) < 4.78 is 18.3. The zero-order chi connectivity index (χ0) is 18.5. The first-order valence-corrected chi connectivity index (χ1v) is 8.75. The summed E-state index contributed by atoms with van der Waals surface area (Å²) in [5.74, 6) is 1.23. The summed E-state index contributed by atoms with van der Waals surface area (Å²) in [5.41, 5.74) is 9.41. The lowest BCUT2D eigenvalue weighted by molar-refractivity contribution is 0.380. The Kier molecular flexibility index (Phi) is 7.70. The van der Waals surface area contributed by atoms with Crippen LogP contribution in [0.15, 0.2) is 47.5 Å². The van der Waals surface area contributed by atoms with E-state index in [0.717, 1.165) is 48.7 Å². The second-order valence-corrected chi connectivity index (χ2v) is 6.43. The molecule has 3 rings (SSSR count). The van der Waals surface area contributed by atoms with Crippen LogP contribution in [-0.4, -0.2) is 44.1 Å². The molecule has 0 bridgehead atoms. The van der Waals surface area contributed by atoms with Crippen molar-refractivity contribution in [2.24, 2.45) is 10.7 Å². The number of hydrogen-bond donors (Lipinski definition) is 1. The third kappa shape index (κ3) is 5.47. The first-order valence-electron chi connectivity index (χ1n) is 8.75. The smallest absolute Gasteiger partial charge is 0.191 e. The van der Waals surface area contributed by atoms with Crippen LogP contribution in [0.4, 0.5) is 10.1 Å². The number of benzene rings is 2. The van der Waals surface area contributed by atoms with Crippen molar-refractivity contribution in [1.82, 2.24) is 4.90 Å². The van der Waals surface area contributed by atoms with Crippen molar-refractivity contribution in [1.29, 1.82) is 0 Å². The van der Waals surface area contributed by atoms with E-state index < -0.39 is 0 Å². The van der Waals surface area contributed by atoms with Crippen molar-refractivity contribution in [3.8, 4) is 5.75 Å². The summed E-state index contributed by atoms with van der Waals surface area (Å²) in [5, 5.41) is 0. The van der Waals surface area contributed by atoms with Crippen LogP contribution in [0.1, 0.15) is 11.1 Å². The number of nitrogens with two attached hydrogens (primary N) is 1. The van der Waals surface area contributed by atoms with Crippen molar-refractivity contribution in [2.75, 3.05) is 38.2 Å². The molecule has 2 aromatic carbocycles. The van der Waals surface area contributed by atoms with E-state index in [1.165, 1.54) is 12.1 Å². The fraction of sp³-hybridized carbons (Fsp3) is 0.350. The van der Waals surface area contributed by atoms with Gasteiger partial charge in [-0.2, -0.15) is 0 Å². The Morgan fingerprint density at radius 3 is 2.37 bits per heavy atom. The lowest BCUT2D eigenvalue weighted by atomic mass is 10.1. The van der Waals surface area contributed by atoms with Gasteiger partial charge in [0.05, 0.1) is 13.7 Å². The van der Waals surface area contributed by atoms with Gasteiger partial charge in [-0.15, -0.1) is 24.0 Å². The third-order valence-corrected chi connectivity index (χ3v) is 4.68. The quantitative estimate of drug-likeness (QED) is 0.411. The number of methoxy groups -OCH3 is 1. The molecule has 0 radical (unpaired) electrons. The summed E-state index contributed by atoms with van der Waals surface area (Å²) in [6.07, 6.45) is 0. The van der Waals surface area contributed by atoms with E-state index in [-0.39, 0.29) is 29.8 Å². The Bertz CT molecular complexity index is 774. The third-order valence-electron chi connectivity index (χ3n) is 4.68. The molecule has 27 heavy (non-hydrogen) atoms. The largest absolute Gasteiger partial charge is 0.496 e. The molecule has 0 aliphatic carbocycles. The fourth-order valence-corrected chi connectivity index (χ4v) is 3.16. The maximum Gasteiger partial charge on any atom is 0.191 e. The van der Waals surface area contributed by atoms with Gasteiger partial charge >= 0.3 is 0 Å². The van der Waals surface area contributed by atoms with E-state index in [1.807, 2.05) is 31.2 Å². The van der Waals surface area contributed by atoms with E-state index in [0.29, 0.717) is 12.5 Å². The van der Waals surface area contributed by atoms with Crippen LogP contribution in [0.3, 0.4) is 0 Å². The normalized spacial score (nSPS) is 14.7. The van der Waals surface area contributed by atoms with Crippen molar-refractivity contribution in [2.45, 2.75) is 13.5 Å². The van der Waals surface area contributed by atoms with Gasteiger partial charge in [-0.3, -0.25) is 0 Å². The molecule has 7 heteroatoms. The van der Waals surface area contributed by atoms with Gasteiger partial charge < -0.3 is 20.3 Å². The van der Waals surface area contributed by atoms with Gasteiger partial charge in [0, 0.05) is 31.9 Å². The van der Waals surface area contributed by atoms with Gasteiger partial charge in [0.1, 0.15) is 11.6 Å². The highest BCUT2D eigenvalue weighted by Crippen LogP contribution is 2.19. The van der Waals surface area contributed by atoms with E-state index in [1.54, 1.807) is 7.11 Å². The molecule has 1 aliphatic heterocycles. The molecule has 0 unspecified atom stereocenters. The SMILES string of the molecule is COc1ccc(CN=C(N)N2CCN(c3ccc(F)cc3)CC2)cc1C.I. The maximum atomic E-state index is 13.0. The molecule has 0 amide bonds. The van der Waals surface area contributed by atoms with E-state index in [4.69, 9.17) is 10.5 Å². The molecular formula is C20H26FIN4O. The predicted octanol–water partition coefficient (Wildman–Crippen LogP) is 3.40. The lowest BCUT2D eigenvalue weighted by Crippen LogP contribution is -2.51. The molecule has 1 saturated heterocycles. The lowest BCUT2D eigenvalue weighted by Gasteiger charge is -2.36. The average Bonchev–Trinajstić information content (AvgIpc) is 2.67. The highest BCUT2D eigenvalue weighted by Gasteiger charge is 2.18. The monoisotopic (exact) mass is 484 g/mol. The number of guanidine groups is 1. The minimum absolute atomic E-state index is 0. The van der Waals surface area contributed by atoms with Crippen molar-refractivity contribution in [3.63, 3.8) is 0 Å². The number of halogens is 2. The van der Waals surface area contributed by atoms with E-state index in [2.05, 4.69) is 20.9 Å². The molecular weight excluding hydrogens is 458 g/mol. The summed E-state index contributed by atoms with van der Waals surface area (Å²) in [7, 11) is 1.67. The first kappa shape index (κ1) is 21.3. The number of ether oxygens (including phenoxy) is 1. The van der Waals surface area contributed by atoms with Crippen LogP contribution in [0, 0.1) is 12.7 Å². The molecule has 0 saturated carbocycles. The molecule has 5 nitrogen and oxygen atoms in total. The molecule has 146 valence electrons. The summed E-state index contributed by atoms with van der Waals surface area (Å²) >= 11 is 0. The van der Waals surface area contributed by atoms with Crippen LogP contribution in [0.25, 0.3) is 0 Å². The predicted molar refractivity (Wildman–Crippen MR) is 119 cm³/mol. The van der Waals surface area contributed by atoms with Crippen molar-refractivity contribution < 1.29 is 9.13 Å². The zero-order valence-electron chi connectivity index (χ0n) is 15.7. The minimum Gasteiger partial charge on any atom is -0.496 e. The van der Waals surface area contributed by atoms with Gasteiger partial charge in [0.15, 0.2) is 5.96 Å². The second-order valence-electron chi connectivity index (χ2n) is 6.43. The zero-order valence-corrected chi connectivity index (χ0v) is 18.0. The standard InChI is InChI=1S/C20H25FN4O.HI/c1-15-13-16(3-8-19(15)26-2)14-23-20(22)25-11-9-24(10-12-25)18-6-4-17(21)5-7-18;/h3-8,13H,9-12,14H2,1-2H3,(H2,22,23);1H. The summed E-state index contributed by atoms with van der Waals surface area (Å²) in [4.78, 5) is 8.86. The molecule has 1 heterocycles. The van der Waals surface area contributed by atoms with Crippen LogP contribution in [0.2, 0.25) is 0 Å². The molecule has 2 aromatic rings. The van der Waals surface area contributed by atoms with E-state index >= 15 is 0 Å². The highest BCUT2D eigenvalue weighted by atomic mass is 127. The van der Waals surface area contributed by atoms with Crippen molar-refractivity contribution >= 4 is 35.6 Å². The molecule has 1 aliphatic rings. The Hall–Kier alpha value is -2.03. The Morgan fingerprint density at radius 1 is 1.11 bits per heavy atom. The number of aryl methyl sites for hydroxylation is 1. The molecule has 0 aromatic heterocycles. The summed E-state index contributed by atoms with van der Waals surface area (Å²) in [6.45, 7) is 5.84. The fourth-order valence-electron chi connectivity index (χ4n) is 3.16. The van der Waals surface area contributed by atoms with Gasteiger partial charge in [-0.25, -0.2) is 9.38 Å². The molecule has 0 atom stereocenters. The van der Waals surface area contributed by atoms with E-state index in [9.17, 15) is 4.39 Å². The maximum absolute atomic E-state index is 13.0. The number of rotatable bonds is 4. The molecule has 1 fully saturated rings. The van der Waals surface area contributed by atoms with Crippen LogP contribution in [-0.2, 0) is 6.54 Å². The van der Waals surface area contributed by atoms with Crippen molar-refractivity contribution in [3.05, 3.63) is 59.4 Å². The number of nitrogens with zero attached hydrogens (tertiary/aromatic N) is 3. The second kappa shape index (κ2) is 9.77. The molecule has 2 N–H and O–H groups in total. The number of piperazine rings is 1.